The van der Waals surface area contributed by atoms with Gasteiger partial charge in [0.15, 0.2) is 6.29 Å². The van der Waals surface area contributed by atoms with Gasteiger partial charge in [-0.25, -0.2) is 0 Å². The Kier molecular flexibility index (Phi) is 21.7. The van der Waals surface area contributed by atoms with Crippen LogP contribution in [0.25, 0.3) is 0 Å². The lowest BCUT2D eigenvalue weighted by Crippen LogP contribution is -2.60. The Hall–Kier alpha value is -1.07. The molecule has 0 saturated carbocycles. The highest BCUT2D eigenvalue weighted by Gasteiger charge is 2.44. The molecular formula is C31H59NO8. The van der Waals surface area contributed by atoms with Crippen LogP contribution >= 0.6 is 0 Å². The second-order valence-corrected chi connectivity index (χ2v) is 11.3. The largest absolute Gasteiger partial charge is 0.394 e. The van der Waals surface area contributed by atoms with Crippen LogP contribution in [0.3, 0.4) is 0 Å². The maximum absolute atomic E-state index is 12.7. The van der Waals surface area contributed by atoms with Crippen LogP contribution in [0.2, 0.25) is 0 Å². The van der Waals surface area contributed by atoms with Crippen LogP contribution in [0.15, 0.2) is 12.2 Å². The highest BCUT2D eigenvalue weighted by molar-refractivity contribution is 5.76. The third-order valence-electron chi connectivity index (χ3n) is 7.61. The van der Waals surface area contributed by atoms with Crippen LogP contribution in [0.1, 0.15) is 123 Å². The quantitative estimate of drug-likeness (QED) is 0.0753. The number of amides is 1. The summed E-state index contributed by atoms with van der Waals surface area (Å²) in [4.78, 5) is 12.7. The van der Waals surface area contributed by atoms with E-state index in [1.807, 2.05) is 6.08 Å². The third kappa shape index (κ3) is 15.8. The van der Waals surface area contributed by atoms with Gasteiger partial charge in [0.25, 0.3) is 0 Å². The smallest absolute Gasteiger partial charge is 0.220 e. The molecule has 0 aromatic carbocycles. The molecular weight excluding hydrogens is 514 g/mol. The minimum absolute atomic E-state index is 0.186. The third-order valence-corrected chi connectivity index (χ3v) is 7.61. The highest BCUT2D eigenvalue weighted by Crippen LogP contribution is 2.22. The summed E-state index contributed by atoms with van der Waals surface area (Å²) in [5.41, 5.74) is 0. The number of nitrogens with one attached hydrogen (secondary N) is 1. The first-order valence-electron chi connectivity index (χ1n) is 15.9. The maximum Gasteiger partial charge on any atom is 0.220 e. The molecule has 236 valence electrons. The molecule has 0 radical (unpaired) electrons. The molecule has 0 aromatic heterocycles. The summed E-state index contributed by atoms with van der Waals surface area (Å²) in [6.45, 7) is 3.65. The van der Waals surface area contributed by atoms with E-state index in [-0.39, 0.29) is 12.5 Å². The number of ether oxygens (including phenoxy) is 2. The Balaban J connectivity index is 2.54. The van der Waals surface area contributed by atoms with Gasteiger partial charge in [-0.1, -0.05) is 109 Å². The van der Waals surface area contributed by atoms with Gasteiger partial charge in [0.1, 0.15) is 24.4 Å². The Morgan fingerprint density at radius 2 is 1.38 bits per heavy atom. The van der Waals surface area contributed by atoms with E-state index in [2.05, 4.69) is 19.2 Å². The lowest BCUT2D eigenvalue weighted by molar-refractivity contribution is -0.302. The zero-order chi connectivity index (χ0) is 29.6. The maximum atomic E-state index is 12.7. The lowest BCUT2D eigenvalue weighted by Gasteiger charge is -2.40. The fourth-order valence-corrected chi connectivity index (χ4v) is 4.92. The summed E-state index contributed by atoms with van der Waals surface area (Å²) in [5, 5.41) is 53.4. The molecule has 7 unspecified atom stereocenters. The summed E-state index contributed by atoms with van der Waals surface area (Å²) in [5.74, 6) is -0.186. The molecule has 1 aliphatic rings. The lowest BCUT2D eigenvalue weighted by atomic mass is 9.99. The monoisotopic (exact) mass is 573 g/mol. The predicted molar refractivity (Wildman–Crippen MR) is 157 cm³/mol. The number of carbonyl (C=O) groups is 1. The van der Waals surface area contributed by atoms with Crippen molar-refractivity contribution >= 4 is 5.91 Å². The van der Waals surface area contributed by atoms with Crippen molar-refractivity contribution in [1.82, 2.24) is 5.32 Å². The van der Waals surface area contributed by atoms with Crippen molar-refractivity contribution in [2.24, 2.45) is 0 Å². The molecule has 1 saturated heterocycles. The van der Waals surface area contributed by atoms with Gasteiger partial charge in [-0.05, 0) is 19.3 Å². The van der Waals surface area contributed by atoms with Crippen molar-refractivity contribution in [3.8, 4) is 0 Å². The number of hydrogen-bond donors (Lipinski definition) is 6. The molecule has 1 heterocycles. The van der Waals surface area contributed by atoms with Crippen LogP contribution in [-0.2, 0) is 14.3 Å². The van der Waals surface area contributed by atoms with E-state index >= 15 is 0 Å². The Morgan fingerprint density at radius 3 is 1.95 bits per heavy atom. The molecule has 1 aliphatic heterocycles. The van der Waals surface area contributed by atoms with Gasteiger partial charge in [-0.3, -0.25) is 4.79 Å². The van der Waals surface area contributed by atoms with Gasteiger partial charge < -0.3 is 40.3 Å². The summed E-state index contributed by atoms with van der Waals surface area (Å²) in [6.07, 6.45) is 14.2. The Labute approximate surface area is 242 Å². The van der Waals surface area contributed by atoms with Crippen molar-refractivity contribution in [2.75, 3.05) is 13.2 Å². The van der Waals surface area contributed by atoms with Gasteiger partial charge >= 0.3 is 0 Å². The first-order chi connectivity index (χ1) is 19.3. The second-order valence-electron chi connectivity index (χ2n) is 11.3. The fraction of sp³-hybridized carbons (Fsp3) is 0.903. The molecule has 40 heavy (non-hydrogen) atoms. The van der Waals surface area contributed by atoms with Crippen molar-refractivity contribution in [3.63, 3.8) is 0 Å². The molecule has 0 aliphatic carbocycles. The average molecular weight is 574 g/mol. The van der Waals surface area contributed by atoms with E-state index in [4.69, 9.17) is 9.47 Å². The van der Waals surface area contributed by atoms with E-state index in [1.54, 1.807) is 6.08 Å². The fourth-order valence-electron chi connectivity index (χ4n) is 4.92. The van der Waals surface area contributed by atoms with Gasteiger partial charge in [-0.15, -0.1) is 0 Å². The minimum Gasteiger partial charge on any atom is -0.394 e. The molecule has 1 rings (SSSR count). The summed E-state index contributed by atoms with van der Waals surface area (Å²) in [6, 6.07) is -0.792. The number of allylic oxidation sites excluding steroid dienone is 1. The number of aliphatic hydroxyl groups is 5. The number of carbonyl (C=O) groups excluding carboxylic acids is 1. The van der Waals surface area contributed by atoms with E-state index in [0.717, 1.165) is 38.5 Å². The van der Waals surface area contributed by atoms with Crippen LogP contribution in [0.5, 0.6) is 0 Å². The molecule has 0 aromatic rings. The number of unbranched alkanes of at least 4 members (excludes halogenated alkanes) is 14. The van der Waals surface area contributed by atoms with Crippen LogP contribution < -0.4 is 5.32 Å². The van der Waals surface area contributed by atoms with Gasteiger partial charge in [-0.2, -0.15) is 0 Å². The SMILES string of the molecule is CCCCCCC/C=C/C(O)C(COC1OC(CO)C(O)C(O)C1O)NC(=O)CCCCCCCCCCCC. The molecule has 0 spiro atoms. The highest BCUT2D eigenvalue weighted by atomic mass is 16.7. The molecule has 1 fully saturated rings. The first-order valence-corrected chi connectivity index (χ1v) is 15.9. The minimum atomic E-state index is -1.56. The number of rotatable bonds is 24. The Bertz CT molecular complexity index is 647. The predicted octanol–water partition coefficient (Wildman–Crippen LogP) is 3.88. The van der Waals surface area contributed by atoms with Crippen LogP contribution in [0, 0.1) is 0 Å². The van der Waals surface area contributed by atoms with E-state index in [0.29, 0.717) is 6.42 Å². The normalized spacial score (nSPS) is 24.8. The van der Waals surface area contributed by atoms with Gasteiger partial charge in [0.2, 0.25) is 5.91 Å². The zero-order valence-electron chi connectivity index (χ0n) is 25.1. The van der Waals surface area contributed by atoms with E-state index in [9.17, 15) is 30.3 Å². The van der Waals surface area contributed by atoms with Crippen molar-refractivity contribution in [3.05, 3.63) is 12.2 Å². The van der Waals surface area contributed by atoms with Crippen molar-refractivity contribution in [2.45, 2.75) is 166 Å². The van der Waals surface area contributed by atoms with Gasteiger partial charge in [0.05, 0.1) is 25.4 Å². The number of hydrogen-bond acceptors (Lipinski definition) is 8. The topological polar surface area (TPSA) is 149 Å². The summed E-state index contributed by atoms with van der Waals surface area (Å²) >= 11 is 0. The van der Waals surface area contributed by atoms with Crippen molar-refractivity contribution < 1.29 is 39.8 Å². The van der Waals surface area contributed by atoms with Gasteiger partial charge in [0, 0.05) is 6.42 Å². The Morgan fingerprint density at radius 1 is 0.825 bits per heavy atom. The first kappa shape index (κ1) is 37.0. The molecule has 1 amide bonds. The molecule has 0 bridgehead atoms. The number of aliphatic hydroxyl groups excluding tert-OH is 5. The summed E-state index contributed by atoms with van der Waals surface area (Å²) in [7, 11) is 0. The van der Waals surface area contributed by atoms with E-state index in [1.165, 1.54) is 64.2 Å². The second kappa shape index (κ2) is 23.5. The van der Waals surface area contributed by atoms with Crippen LogP contribution in [0.4, 0.5) is 0 Å². The molecule has 6 N–H and O–H groups in total. The standard InChI is InChI=1S/C31H59NO8/c1-3-5-7-9-11-12-13-15-17-19-21-27(35)32-24(25(34)20-18-16-14-10-8-6-4-2)23-39-31-30(38)29(37)28(36)26(22-33)40-31/h18,20,24-26,28-31,33-34,36-38H,3-17,19,21-23H2,1-2H3,(H,32,35)/b20-18+. The average Bonchev–Trinajstić information content (AvgIpc) is 2.95. The summed E-state index contributed by atoms with van der Waals surface area (Å²) < 4.78 is 11.0. The van der Waals surface area contributed by atoms with E-state index < -0.39 is 49.5 Å². The molecule has 9 nitrogen and oxygen atoms in total. The van der Waals surface area contributed by atoms with Crippen molar-refractivity contribution in [1.29, 1.82) is 0 Å². The zero-order valence-corrected chi connectivity index (χ0v) is 25.1. The molecule has 7 atom stereocenters. The van der Waals surface area contributed by atoms with Crippen LogP contribution in [-0.4, -0.2) is 87.5 Å². The molecule has 9 heteroatoms.